The molecule has 1 fully saturated rings. The van der Waals surface area contributed by atoms with Crippen molar-refractivity contribution in [3.63, 3.8) is 0 Å². The number of benzene rings is 2. The van der Waals surface area contributed by atoms with E-state index >= 15 is 0 Å². The highest BCUT2D eigenvalue weighted by Crippen LogP contribution is 2.53. The van der Waals surface area contributed by atoms with Gasteiger partial charge in [0.1, 0.15) is 12.4 Å². The molecule has 1 aliphatic carbocycles. The summed E-state index contributed by atoms with van der Waals surface area (Å²) in [6.07, 6.45) is 0.562. The van der Waals surface area contributed by atoms with Crippen LogP contribution >= 0.6 is 0 Å². The van der Waals surface area contributed by atoms with Gasteiger partial charge in [-0.1, -0.05) is 49.3 Å². The lowest BCUT2D eigenvalue weighted by Gasteiger charge is -2.06. The van der Waals surface area contributed by atoms with Gasteiger partial charge in [-0.15, -0.1) is 0 Å². The summed E-state index contributed by atoms with van der Waals surface area (Å²) < 4.78 is 11.0. The average molecular weight is 420 g/mol. The molecule has 0 radical (unpaired) electrons. The highest BCUT2D eigenvalue weighted by Gasteiger charge is 2.55. The number of ether oxygens (including phenoxy) is 1. The van der Waals surface area contributed by atoms with Gasteiger partial charge in [-0.05, 0) is 42.0 Å². The molecule has 0 bridgehead atoms. The molecule has 7 nitrogen and oxygen atoms in total. The lowest BCUT2D eigenvalue weighted by Crippen LogP contribution is -2.16. The van der Waals surface area contributed by atoms with Gasteiger partial charge in [-0.3, -0.25) is 4.79 Å². The third-order valence-corrected chi connectivity index (χ3v) is 5.76. The Hall–Kier alpha value is -3.48. The molecule has 1 heterocycles. The Labute approximate surface area is 180 Å². The van der Waals surface area contributed by atoms with Gasteiger partial charge >= 0.3 is 5.97 Å². The standard InChI is InChI=1S/C24H24N2O5/c1-14(2)21-18(12-20-25-23(26-31-20)15-6-4-3-5-7-15)22(21)19(27)13-30-17-10-8-16(9-11-17)24(28)29/h3-11,14,18,21-22H,12-13H2,1-2H3,(H,28,29). The number of hydrogen-bond acceptors (Lipinski definition) is 6. The Morgan fingerprint density at radius 1 is 1.10 bits per heavy atom. The van der Waals surface area contributed by atoms with Gasteiger partial charge in [0.25, 0.3) is 0 Å². The Morgan fingerprint density at radius 2 is 1.81 bits per heavy atom. The minimum Gasteiger partial charge on any atom is -0.486 e. The molecule has 1 N–H and O–H groups in total. The van der Waals surface area contributed by atoms with Crippen LogP contribution in [0.4, 0.5) is 0 Å². The van der Waals surface area contributed by atoms with E-state index in [0.29, 0.717) is 29.8 Å². The van der Waals surface area contributed by atoms with Crippen molar-refractivity contribution in [2.75, 3.05) is 6.61 Å². The van der Waals surface area contributed by atoms with E-state index < -0.39 is 5.97 Å². The van der Waals surface area contributed by atoms with Crippen molar-refractivity contribution in [3.05, 3.63) is 66.1 Å². The second-order valence-electron chi connectivity index (χ2n) is 8.18. The molecule has 0 saturated heterocycles. The fraction of sp³-hybridized carbons (Fsp3) is 0.333. The molecule has 3 aromatic rings. The summed E-state index contributed by atoms with van der Waals surface area (Å²) in [4.78, 5) is 28.2. The van der Waals surface area contributed by atoms with Crippen LogP contribution in [-0.4, -0.2) is 33.6 Å². The molecule has 2 aromatic carbocycles. The van der Waals surface area contributed by atoms with Crippen LogP contribution in [0.1, 0.15) is 30.1 Å². The number of carbonyl (C=O) groups excluding carboxylic acids is 1. The van der Waals surface area contributed by atoms with Crippen molar-refractivity contribution in [1.29, 1.82) is 0 Å². The van der Waals surface area contributed by atoms with Crippen LogP contribution in [0, 0.1) is 23.7 Å². The molecule has 0 spiro atoms. The van der Waals surface area contributed by atoms with Crippen molar-refractivity contribution in [2.24, 2.45) is 23.7 Å². The number of carboxylic acids is 1. The second-order valence-corrected chi connectivity index (χ2v) is 8.18. The maximum absolute atomic E-state index is 12.8. The van der Waals surface area contributed by atoms with Crippen LogP contribution in [0.5, 0.6) is 5.75 Å². The lowest BCUT2D eigenvalue weighted by atomic mass is 10.0. The third-order valence-electron chi connectivity index (χ3n) is 5.76. The van der Waals surface area contributed by atoms with Gasteiger partial charge in [0.05, 0.1) is 5.56 Å². The van der Waals surface area contributed by atoms with Crippen molar-refractivity contribution in [3.8, 4) is 17.1 Å². The fourth-order valence-corrected chi connectivity index (χ4v) is 4.21. The molecule has 4 rings (SSSR count). The number of carboxylic acid groups (broad SMARTS) is 1. The van der Waals surface area contributed by atoms with Crippen molar-refractivity contribution < 1.29 is 24.0 Å². The van der Waals surface area contributed by atoms with E-state index in [1.807, 2.05) is 30.3 Å². The number of aromatic carboxylic acids is 1. The zero-order valence-electron chi connectivity index (χ0n) is 17.4. The predicted molar refractivity (Wildman–Crippen MR) is 113 cm³/mol. The van der Waals surface area contributed by atoms with Gasteiger partial charge < -0.3 is 14.4 Å². The summed E-state index contributed by atoms with van der Waals surface area (Å²) >= 11 is 0. The maximum atomic E-state index is 12.8. The van der Waals surface area contributed by atoms with Gasteiger partial charge in [0, 0.05) is 17.9 Å². The molecule has 1 aromatic heterocycles. The summed E-state index contributed by atoms with van der Waals surface area (Å²) in [5, 5.41) is 13.0. The summed E-state index contributed by atoms with van der Waals surface area (Å²) in [6, 6.07) is 15.7. The van der Waals surface area contributed by atoms with Gasteiger partial charge in [0.15, 0.2) is 5.78 Å². The number of hydrogen-bond donors (Lipinski definition) is 1. The van der Waals surface area contributed by atoms with E-state index in [9.17, 15) is 9.59 Å². The predicted octanol–water partition coefficient (Wildman–Crippen LogP) is 4.14. The Balaban J connectivity index is 1.37. The largest absolute Gasteiger partial charge is 0.486 e. The summed E-state index contributed by atoms with van der Waals surface area (Å²) in [5.41, 5.74) is 1.07. The number of ketones is 1. The van der Waals surface area contributed by atoms with E-state index in [-0.39, 0.29) is 35.7 Å². The molecule has 3 atom stereocenters. The Morgan fingerprint density at radius 3 is 2.45 bits per heavy atom. The first-order valence-electron chi connectivity index (χ1n) is 10.3. The van der Waals surface area contributed by atoms with E-state index in [1.165, 1.54) is 12.1 Å². The van der Waals surface area contributed by atoms with E-state index in [1.54, 1.807) is 12.1 Å². The smallest absolute Gasteiger partial charge is 0.335 e. The van der Waals surface area contributed by atoms with Crippen LogP contribution in [0.2, 0.25) is 0 Å². The quantitative estimate of drug-likeness (QED) is 0.555. The third kappa shape index (κ3) is 4.66. The van der Waals surface area contributed by atoms with Crippen LogP contribution in [-0.2, 0) is 11.2 Å². The van der Waals surface area contributed by atoms with Crippen molar-refractivity contribution in [1.82, 2.24) is 10.1 Å². The molecule has 0 amide bonds. The van der Waals surface area contributed by atoms with Crippen LogP contribution in [0.25, 0.3) is 11.4 Å². The minimum atomic E-state index is -1.00. The number of carbonyl (C=O) groups is 2. The highest BCUT2D eigenvalue weighted by molar-refractivity contribution is 5.88. The van der Waals surface area contributed by atoms with Gasteiger partial charge in [-0.25, -0.2) is 4.79 Å². The first-order chi connectivity index (χ1) is 14.9. The molecular formula is C24H24N2O5. The Bertz CT molecular complexity index is 1060. The zero-order chi connectivity index (χ0) is 22.0. The minimum absolute atomic E-state index is 0.0359. The molecule has 0 aliphatic heterocycles. The van der Waals surface area contributed by atoms with Crippen LogP contribution in [0.3, 0.4) is 0 Å². The lowest BCUT2D eigenvalue weighted by molar-refractivity contribution is -0.122. The number of rotatable bonds is 9. The molecule has 31 heavy (non-hydrogen) atoms. The highest BCUT2D eigenvalue weighted by atomic mass is 16.5. The molecule has 3 unspecified atom stereocenters. The molecular weight excluding hydrogens is 396 g/mol. The van der Waals surface area contributed by atoms with Crippen molar-refractivity contribution in [2.45, 2.75) is 20.3 Å². The monoisotopic (exact) mass is 420 g/mol. The van der Waals surface area contributed by atoms with Crippen molar-refractivity contribution >= 4 is 11.8 Å². The molecule has 160 valence electrons. The summed E-state index contributed by atoms with van der Waals surface area (Å²) in [5.74, 6) is 1.24. The zero-order valence-corrected chi connectivity index (χ0v) is 17.4. The summed E-state index contributed by atoms with van der Waals surface area (Å²) in [6.45, 7) is 4.18. The maximum Gasteiger partial charge on any atom is 0.335 e. The number of Topliss-reactive ketones (excluding diaryl/α,β-unsaturated/α-hetero) is 1. The van der Waals surface area contributed by atoms with Gasteiger partial charge in [-0.2, -0.15) is 4.98 Å². The first kappa shape index (κ1) is 20.8. The summed E-state index contributed by atoms with van der Waals surface area (Å²) in [7, 11) is 0. The van der Waals surface area contributed by atoms with Crippen LogP contribution < -0.4 is 4.74 Å². The van der Waals surface area contributed by atoms with Crippen LogP contribution in [0.15, 0.2) is 59.1 Å². The SMILES string of the molecule is CC(C)C1C(Cc2nc(-c3ccccc3)no2)C1C(=O)COc1ccc(C(=O)O)cc1. The average Bonchev–Trinajstić information content (AvgIpc) is 3.29. The first-order valence-corrected chi connectivity index (χ1v) is 10.3. The number of aromatic nitrogens is 2. The topological polar surface area (TPSA) is 103 Å². The molecule has 7 heteroatoms. The second kappa shape index (κ2) is 8.71. The van der Waals surface area contributed by atoms with Gasteiger partial charge in [0.2, 0.25) is 11.7 Å². The fourth-order valence-electron chi connectivity index (χ4n) is 4.21. The normalized spacial score (nSPS) is 19.9. The molecule has 1 aliphatic rings. The number of nitrogens with zero attached hydrogens (tertiary/aromatic N) is 2. The molecule has 1 saturated carbocycles. The van der Waals surface area contributed by atoms with E-state index in [2.05, 4.69) is 24.0 Å². The van der Waals surface area contributed by atoms with E-state index in [4.69, 9.17) is 14.4 Å². The Kier molecular flexibility index (Phi) is 5.84. The van der Waals surface area contributed by atoms with E-state index in [0.717, 1.165) is 5.56 Å².